The van der Waals surface area contributed by atoms with Gasteiger partial charge < -0.3 is 29.4 Å². The first-order valence-electron chi connectivity index (χ1n) is 31.1. The van der Waals surface area contributed by atoms with Crippen molar-refractivity contribution in [2.45, 2.75) is 294 Å². The van der Waals surface area contributed by atoms with Crippen molar-refractivity contribution in [1.29, 1.82) is 0 Å². The summed E-state index contributed by atoms with van der Waals surface area (Å²) < 4.78 is 11.3. The molecule has 10 nitrogen and oxygen atoms in total. The molecule has 2 heterocycles. The molecule has 0 aromatic carbocycles. The fourth-order valence-corrected chi connectivity index (χ4v) is 10.7. The van der Waals surface area contributed by atoms with E-state index in [2.05, 4.69) is 37.9 Å². The largest absolute Gasteiger partial charge is 0.465 e. The smallest absolute Gasteiger partial charge is 0.308 e. The van der Waals surface area contributed by atoms with E-state index >= 15 is 0 Å². The number of carbonyl (C=O) groups excluding carboxylic acids is 5. The molecule has 2 rings (SSSR count). The third-order valence-corrected chi connectivity index (χ3v) is 15.1. The number of amides is 2. The van der Waals surface area contributed by atoms with Gasteiger partial charge in [-0.1, -0.05) is 197 Å². The summed E-state index contributed by atoms with van der Waals surface area (Å²) in [5, 5.41) is 3.05. The summed E-state index contributed by atoms with van der Waals surface area (Å²) in [7, 11) is 3.99. The highest BCUT2D eigenvalue weighted by molar-refractivity contribution is 7.12. The molecule has 1 atom stereocenters. The number of thiophene rings is 1. The summed E-state index contributed by atoms with van der Waals surface area (Å²) in [5.41, 5.74) is 1.94. The normalized spacial score (nSPS) is 12.1. The highest BCUT2D eigenvalue weighted by Gasteiger charge is 2.28. The minimum Gasteiger partial charge on any atom is -0.465 e. The second-order valence-electron chi connectivity index (χ2n) is 20.6. The lowest BCUT2D eigenvalue weighted by atomic mass is 9.94. The second kappa shape index (κ2) is 53.6. The molecule has 1 aromatic heterocycles. The van der Waals surface area contributed by atoms with Crippen molar-refractivity contribution in [2.24, 2.45) is 11.8 Å². The molecule has 2 amide bonds. The number of likely N-dealkylation sites (N-methyl/N-ethyl adjacent to an activating group) is 1. The molecule has 1 N–H and O–H groups in total. The Hall–Kier alpha value is -2.79. The van der Waals surface area contributed by atoms with Crippen molar-refractivity contribution < 1.29 is 33.4 Å². The van der Waals surface area contributed by atoms with E-state index in [0.29, 0.717) is 45.7 Å². The Bertz CT molecular complexity index is 1470. The van der Waals surface area contributed by atoms with E-state index in [9.17, 15) is 24.0 Å². The van der Waals surface area contributed by atoms with E-state index in [0.717, 1.165) is 130 Å². The number of fused-ring (bicyclic) bond motifs is 1. The first kappa shape index (κ1) is 73.3. The lowest BCUT2D eigenvalue weighted by molar-refractivity contribution is -0.150. The molecule has 74 heavy (non-hydrogen) atoms. The minimum absolute atomic E-state index is 0.00321. The van der Waals surface area contributed by atoms with Crippen LogP contribution in [0.25, 0.3) is 0 Å². The molecule has 0 radical (unpaired) electrons. The topological polar surface area (TPSA) is 122 Å². The lowest BCUT2D eigenvalue weighted by Gasteiger charge is -2.27. The van der Waals surface area contributed by atoms with Gasteiger partial charge in [0.05, 0.1) is 37.2 Å². The number of unbranched alkanes of at least 4 members (excludes halogenated alkanes) is 23. The SMILES string of the molecule is CC.CC.CCCCCCCCC(CCCCCC)C(=O)OCCCCCC=O.CCCCCCCCC(CCCCCCCC)C(=O)OCCCCCC(=O)N1CCc2c(sc(C)c2C(=O)NCCN(C)C)C1. The number of aldehydes is 1. The van der Waals surface area contributed by atoms with Gasteiger partial charge in [-0.05, 0) is 97.2 Å². The number of ether oxygens (including phenoxy) is 2. The Morgan fingerprint density at radius 1 is 0.595 bits per heavy atom. The van der Waals surface area contributed by atoms with Gasteiger partial charge in [-0.25, -0.2) is 0 Å². The molecule has 0 saturated heterocycles. The zero-order valence-electron chi connectivity index (χ0n) is 50.4. The number of nitrogens with zero attached hydrogens (tertiary/aromatic N) is 2. The van der Waals surface area contributed by atoms with Crippen LogP contribution in [0.2, 0.25) is 0 Å². The molecule has 1 aliphatic rings. The Kier molecular flexibility index (Phi) is 53.1. The predicted octanol–water partition coefficient (Wildman–Crippen LogP) is 17.1. The molecule has 434 valence electrons. The van der Waals surface area contributed by atoms with Crippen molar-refractivity contribution in [1.82, 2.24) is 15.1 Å². The van der Waals surface area contributed by atoms with Crippen LogP contribution >= 0.6 is 11.3 Å². The molecule has 11 heteroatoms. The molecular formula is C63H119N3O7S. The van der Waals surface area contributed by atoms with E-state index in [4.69, 9.17) is 9.47 Å². The van der Waals surface area contributed by atoms with Crippen LogP contribution in [0, 0.1) is 18.8 Å². The third-order valence-electron chi connectivity index (χ3n) is 13.9. The maximum atomic E-state index is 13.0. The average Bonchev–Trinajstić information content (AvgIpc) is 3.74. The van der Waals surface area contributed by atoms with Gasteiger partial charge in [0.15, 0.2) is 0 Å². The number of rotatable bonds is 44. The summed E-state index contributed by atoms with van der Waals surface area (Å²) in [6.45, 7) is 22.6. The number of nitrogens with one attached hydrogen (secondary N) is 1. The highest BCUT2D eigenvalue weighted by atomic mass is 32.1. The predicted molar refractivity (Wildman–Crippen MR) is 316 cm³/mol. The molecule has 0 spiro atoms. The van der Waals surface area contributed by atoms with Gasteiger partial charge in [-0.15, -0.1) is 11.3 Å². The molecule has 0 bridgehead atoms. The molecule has 0 aliphatic carbocycles. The molecule has 0 fully saturated rings. The summed E-state index contributed by atoms with van der Waals surface area (Å²) in [6, 6.07) is 0. The van der Waals surface area contributed by atoms with E-state index in [1.807, 2.05) is 53.6 Å². The molecule has 1 aromatic rings. The number of aryl methyl sites for hydroxylation is 1. The molecule has 0 saturated carbocycles. The molecule has 1 aliphatic heterocycles. The van der Waals surface area contributed by atoms with Crippen molar-refractivity contribution in [3.8, 4) is 0 Å². The van der Waals surface area contributed by atoms with Crippen LogP contribution in [0.3, 0.4) is 0 Å². The maximum absolute atomic E-state index is 13.0. The lowest BCUT2D eigenvalue weighted by Crippen LogP contribution is -2.36. The number of hydrogen-bond donors (Lipinski definition) is 1. The van der Waals surface area contributed by atoms with Gasteiger partial charge in [0, 0.05) is 42.2 Å². The Balaban J connectivity index is 0. The monoisotopic (exact) mass is 1060 g/mol. The summed E-state index contributed by atoms with van der Waals surface area (Å²) in [5.74, 6) is 0.327. The zero-order chi connectivity index (χ0) is 55.5. The summed E-state index contributed by atoms with van der Waals surface area (Å²) in [6.07, 6.45) is 39.4. The van der Waals surface area contributed by atoms with Gasteiger partial charge in [0.1, 0.15) is 6.29 Å². The Labute approximate surface area is 461 Å². The van der Waals surface area contributed by atoms with Crippen LogP contribution in [0.5, 0.6) is 0 Å². The van der Waals surface area contributed by atoms with Gasteiger partial charge in [0.25, 0.3) is 5.91 Å². The molecule has 1 unspecified atom stereocenters. The highest BCUT2D eigenvalue weighted by Crippen LogP contribution is 2.33. The first-order chi connectivity index (χ1) is 36.0. The van der Waals surface area contributed by atoms with Crippen molar-refractivity contribution >= 4 is 41.4 Å². The van der Waals surface area contributed by atoms with E-state index in [1.165, 1.54) is 116 Å². The Morgan fingerprint density at radius 3 is 1.43 bits per heavy atom. The summed E-state index contributed by atoms with van der Waals surface area (Å²) in [4.78, 5) is 67.7. The second-order valence-corrected chi connectivity index (χ2v) is 21.9. The van der Waals surface area contributed by atoms with Crippen molar-refractivity contribution in [3.63, 3.8) is 0 Å². The van der Waals surface area contributed by atoms with Gasteiger partial charge in [0.2, 0.25) is 5.91 Å². The number of esters is 2. The van der Waals surface area contributed by atoms with Gasteiger partial charge >= 0.3 is 11.9 Å². The first-order valence-corrected chi connectivity index (χ1v) is 31.9. The van der Waals surface area contributed by atoms with Crippen molar-refractivity contribution in [3.05, 3.63) is 20.9 Å². The van der Waals surface area contributed by atoms with Gasteiger partial charge in [-0.2, -0.15) is 0 Å². The minimum atomic E-state index is -0.00527. The van der Waals surface area contributed by atoms with Crippen LogP contribution < -0.4 is 5.32 Å². The average molecular weight is 1060 g/mol. The fourth-order valence-electron chi connectivity index (χ4n) is 9.42. The zero-order valence-corrected chi connectivity index (χ0v) is 51.2. The van der Waals surface area contributed by atoms with Crippen LogP contribution in [0.1, 0.15) is 299 Å². The van der Waals surface area contributed by atoms with Crippen LogP contribution in [-0.4, -0.2) is 86.8 Å². The van der Waals surface area contributed by atoms with Crippen LogP contribution in [0.15, 0.2) is 0 Å². The molecular weight excluding hydrogens is 943 g/mol. The van der Waals surface area contributed by atoms with Crippen LogP contribution in [-0.2, 0) is 41.6 Å². The fraction of sp³-hybridized carbons (Fsp3) is 0.857. The Morgan fingerprint density at radius 2 is 1.00 bits per heavy atom. The summed E-state index contributed by atoms with van der Waals surface area (Å²) >= 11 is 1.65. The quantitative estimate of drug-likeness (QED) is 0.0389. The van der Waals surface area contributed by atoms with Gasteiger partial charge in [-0.3, -0.25) is 19.2 Å². The third kappa shape index (κ3) is 38.7. The number of carbonyl (C=O) groups is 5. The van der Waals surface area contributed by atoms with Crippen molar-refractivity contribution in [2.75, 3.05) is 46.9 Å². The van der Waals surface area contributed by atoms with E-state index in [-0.39, 0.29) is 35.6 Å². The van der Waals surface area contributed by atoms with Crippen LogP contribution in [0.4, 0.5) is 0 Å². The maximum Gasteiger partial charge on any atom is 0.308 e. The van der Waals surface area contributed by atoms with E-state index in [1.54, 1.807) is 11.3 Å². The standard InChI is InChI=1S/C37H65N3O4S.C22H42O3.2C2H6/c1-6-8-10-12-14-17-21-31(22-18-15-13-11-9-7-2)37(43)44-28-20-16-19-23-34(41)40-26-24-32-33(29-40)45-30(3)35(32)36(42)38-25-27-39(4)5;1-3-5-7-9-10-14-18-21(17-13-8-6-4-2)22(24)25-20-16-12-11-15-19-23;2*1-2/h31H,6-29H2,1-5H3,(H,38,42);19,21H,3-18,20H2,1-2H3;2*1-2H3. The van der Waals surface area contributed by atoms with E-state index < -0.39 is 0 Å². The number of hydrogen-bond acceptors (Lipinski definition) is 9.